The first kappa shape index (κ1) is 20.1. The Kier molecular flexibility index (Phi) is 5.12. The van der Waals surface area contributed by atoms with Crippen molar-refractivity contribution >= 4 is 29.2 Å². The van der Waals surface area contributed by atoms with Gasteiger partial charge >= 0.3 is 6.09 Å². The fraction of sp³-hybridized carbons (Fsp3) is 0.143. The molecule has 10 heteroatoms. The molecule has 0 spiro atoms. The first-order valence-electron chi connectivity index (χ1n) is 9.45. The van der Waals surface area contributed by atoms with Crippen molar-refractivity contribution in [1.82, 2.24) is 14.6 Å². The molecule has 3 aromatic heterocycles. The number of aromatic nitrogens is 3. The fourth-order valence-corrected chi connectivity index (χ4v) is 3.23. The summed E-state index contributed by atoms with van der Waals surface area (Å²) in [6, 6.07) is 7.22. The summed E-state index contributed by atoms with van der Waals surface area (Å²) in [5.74, 6) is -0.575. The summed E-state index contributed by atoms with van der Waals surface area (Å²) in [6.07, 6.45) is 2.38. The van der Waals surface area contributed by atoms with Gasteiger partial charge in [0.15, 0.2) is 0 Å². The van der Waals surface area contributed by atoms with Crippen LogP contribution in [0.3, 0.4) is 0 Å². The highest BCUT2D eigenvalue weighted by atomic mass is 19.1. The Hall–Kier alpha value is -4.21. The van der Waals surface area contributed by atoms with Crippen LogP contribution in [0.25, 0.3) is 16.8 Å². The molecule has 4 heterocycles. The van der Waals surface area contributed by atoms with Gasteiger partial charge in [0.1, 0.15) is 22.8 Å². The first-order chi connectivity index (χ1) is 15.0. The van der Waals surface area contributed by atoms with E-state index in [1.54, 1.807) is 18.3 Å². The topological polar surface area (TPSA) is 114 Å². The molecule has 0 bridgehead atoms. The van der Waals surface area contributed by atoms with Crippen LogP contribution in [0.2, 0.25) is 0 Å². The number of rotatable bonds is 2. The number of aliphatic imine (C=N–C) groups is 1. The van der Waals surface area contributed by atoms with E-state index in [9.17, 15) is 14.3 Å². The number of hydrogen-bond acceptors (Lipinski definition) is 7. The minimum atomic E-state index is -0.715. The van der Waals surface area contributed by atoms with Gasteiger partial charge in [-0.3, -0.25) is 5.32 Å². The SMILES string of the molecule is CC.COC(=O)Nc1nc2c3c(ccn3n1)C(c1ccc(O)cc1F)=Nc1occc1-2. The number of benzene rings is 1. The van der Waals surface area contributed by atoms with Crippen LogP contribution < -0.4 is 5.32 Å². The number of nitrogens with zero attached hydrogens (tertiary/aromatic N) is 4. The lowest BCUT2D eigenvalue weighted by Gasteiger charge is -2.08. The molecule has 1 aromatic carbocycles. The lowest BCUT2D eigenvalue weighted by molar-refractivity contribution is 0.186. The predicted molar refractivity (Wildman–Crippen MR) is 111 cm³/mol. The molecule has 0 saturated heterocycles. The van der Waals surface area contributed by atoms with Gasteiger partial charge in [-0.05, 0) is 24.3 Å². The molecule has 158 valence electrons. The molecule has 0 saturated carbocycles. The standard InChI is InChI=1S/C19H12FN5O4.C2H6/c1-28-19(27)23-18-22-15-12-5-7-29-17(12)21-14(10-3-2-9(26)8-13(10)20)11-4-6-25(24-18)16(11)15;1-2/h2-8,26H,1H3,(H,23,24,27);1-2H3. The first-order valence-corrected chi connectivity index (χ1v) is 9.45. The number of ether oxygens (including phenoxy) is 1. The Labute approximate surface area is 175 Å². The lowest BCUT2D eigenvalue weighted by Crippen LogP contribution is -2.15. The van der Waals surface area contributed by atoms with Crippen LogP contribution >= 0.6 is 0 Å². The third kappa shape index (κ3) is 3.37. The number of methoxy groups -OCH3 is 1. The average Bonchev–Trinajstić information content (AvgIpc) is 3.37. The van der Waals surface area contributed by atoms with Crippen molar-refractivity contribution in [3.63, 3.8) is 0 Å². The summed E-state index contributed by atoms with van der Waals surface area (Å²) in [6.45, 7) is 4.00. The molecular formula is C21H18FN5O4. The second-order valence-corrected chi connectivity index (χ2v) is 6.19. The van der Waals surface area contributed by atoms with Crippen LogP contribution in [-0.4, -0.2) is 38.6 Å². The number of fused-ring (bicyclic) bond motifs is 2. The van der Waals surface area contributed by atoms with E-state index >= 15 is 0 Å². The Morgan fingerprint density at radius 1 is 1.19 bits per heavy atom. The van der Waals surface area contributed by atoms with Crippen LogP contribution in [0, 0.1) is 5.82 Å². The number of halogens is 1. The largest absolute Gasteiger partial charge is 0.508 e. The molecule has 0 unspecified atom stereocenters. The van der Waals surface area contributed by atoms with Crippen molar-refractivity contribution in [2.75, 3.05) is 12.4 Å². The summed E-state index contributed by atoms with van der Waals surface area (Å²) < 4.78 is 26.2. The third-order valence-electron chi connectivity index (χ3n) is 4.49. The number of amides is 1. The molecule has 1 amide bonds. The van der Waals surface area contributed by atoms with Gasteiger partial charge in [-0.1, -0.05) is 13.8 Å². The molecule has 1 aliphatic rings. The molecular weight excluding hydrogens is 405 g/mol. The molecule has 0 radical (unpaired) electrons. The zero-order chi connectivity index (χ0) is 22.1. The Balaban J connectivity index is 0.00000112. The molecule has 2 N–H and O–H groups in total. The molecule has 5 rings (SSSR count). The van der Waals surface area contributed by atoms with Gasteiger partial charge < -0.3 is 14.3 Å². The van der Waals surface area contributed by atoms with Crippen LogP contribution in [-0.2, 0) is 4.74 Å². The number of carbonyl (C=O) groups is 1. The molecule has 0 aliphatic carbocycles. The quantitative estimate of drug-likeness (QED) is 0.431. The van der Waals surface area contributed by atoms with E-state index in [1.807, 2.05) is 13.8 Å². The number of phenols is 1. The smallest absolute Gasteiger partial charge is 0.413 e. The van der Waals surface area contributed by atoms with E-state index in [4.69, 9.17) is 4.42 Å². The number of anilines is 1. The number of aromatic hydroxyl groups is 1. The normalized spacial score (nSPS) is 11.7. The number of carbonyl (C=O) groups excluding carboxylic acids is 1. The van der Waals surface area contributed by atoms with Crippen molar-refractivity contribution in [3.8, 4) is 17.0 Å². The summed E-state index contributed by atoms with van der Waals surface area (Å²) in [5.41, 5.74) is 2.63. The van der Waals surface area contributed by atoms with E-state index in [1.165, 1.54) is 30.0 Å². The number of phenolic OH excluding ortho intramolecular Hbond substituents is 1. The van der Waals surface area contributed by atoms with E-state index < -0.39 is 11.9 Å². The monoisotopic (exact) mass is 423 g/mol. The highest BCUT2D eigenvalue weighted by Gasteiger charge is 2.27. The van der Waals surface area contributed by atoms with E-state index in [0.717, 1.165) is 6.07 Å². The number of nitrogens with one attached hydrogen (secondary N) is 1. The molecule has 9 nitrogen and oxygen atoms in total. The van der Waals surface area contributed by atoms with Gasteiger partial charge in [0.25, 0.3) is 5.95 Å². The zero-order valence-corrected chi connectivity index (χ0v) is 16.9. The minimum absolute atomic E-state index is 0.0212. The Morgan fingerprint density at radius 3 is 2.74 bits per heavy atom. The summed E-state index contributed by atoms with van der Waals surface area (Å²) in [4.78, 5) is 20.5. The fourth-order valence-electron chi connectivity index (χ4n) is 3.23. The maximum atomic E-state index is 14.6. The van der Waals surface area contributed by atoms with Gasteiger partial charge in [0.2, 0.25) is 5.88 Å². The van der Waals surface area contributed by atoms with Crippen molar-refractivity contribution in [2.24, 2.45) is 4.99 Å². The van der Waals surface area contributed by atoms with Gasteiger partial charge in [0.05, 0.1) is 24.6 Å². The lowest BCUT2D eigenvalue weighted by atomic mass is 10.0. The van der Waals surface area contributed by atoms with Crippen LogP contribution in [0.4, 0.5) is 21.0 Å². The zero-order valence-electron chi connectivity index (χ0n) is 16.9. The molecule has 31 heavy (non-hydrogen) atoms. The van der Waals surface area contributed by atoms with Crippen molar-refractivity contribution < 1.29 is 23.4 Å². The third-order valence-corrected chi connectivity index (χ3v) is 4.49. The van der Waals surface area contributed by atoms with E-state index in [2.05, 4.69) is 25.1 Å². The Bertz CT molecular complexity index is 1320. The summed E-state index contributed by atoms with van der Waals surface area (Å²) in [7, 11) is 1.23. The molecule has 0 atom stereocenters. The second-order valence-electron chi connectivity index (χ2n) is 6.19. The number of furan rings is 1. The van der Waals surface area contributed by atoms with Crippen LogP contribution in [0.15, 0.2) is 52.2 Å². The summed E-state index contributed by atoms with van der Waals surface area (Å²) >= 11 is 0. The highest BCUT2D eigenvalue weighted by molar-refractivity contribution is 6.20. The predicted octanol–water partition coefficient (Wildman–Crippen LogP) is 4.52. The molecule has 0 fully saturated rings. The summed E-state index contributed by atoms with van der Waals surface area (Å²) in [5, 5.41) is 16.2. The van der Waals surface area contributed by atoms with Crippen molar-refractivity contribution in [3.05, 3.63) is 59.7 Å². The van der Waals surface area contributed by atoms with Gasteiger partial charge in [-0.25, -0.2) is 23.7 Å². The van der Waals surface area contributed by atoms with Crippen molar-refractivity contribution in [2.45, 2.75) is 13.8 Å². The average molecular weight is 423 g/mol. The van der Waals surface area contributed by atoms with Crippen LogP contribution in [0.1, 0.15) is 25.0 Å². The maximum absolute atomic E-state index is 14.6. The minimum Gasteiger partial charge on any atom is -0.508 e. The van der Waals surface area contributed by atoms with Gasteiger partial charge in [0, 0.05) is 23.4 Å². The van der Waals surface area contributed by atoms with Crippen LogP contribution in [0.5, 0.6) is 5.75 Å². The molecule has 1 aliphatic heterocycles. The maximum Gasteiger partial charge on any atom is 0.413 e. The number of hydrogen-bond donors (Lipinski definition) is 2. The molecule has 4 aromatic rings. The second kappa shape index (κ2) is 7.90. The Morgan fingerprint density at radius 2 is 2.00 bits per heavy atom. The van der Waals surface area contributed by atoms with E-state index in [-0.39, 0.29) is 23.1 Å². The highest BCUT2D eigenvalue weighted by Crippen LogP contribution is 2.39. The van der Waals surface area contributed by atoms with Gasteiger partial charge in [-0.15, -0.1) is 5.10 Å². The van der Waals surface area contributed by atoms with Crippen molar-refractivity contribution in [1.29, 1.82) is 0 Å². The van der Waals surface area contributed by atoms with Gasteiger partial charge in [-0.2, -0.15) is 0 Å². The van der Waals surface area contributed by atoms with E-state index in [0.29, 0.717) is 28.0 Å².